The largest absolute Gasteiger partial charge is 0.361 e. The van der Waals surface area contributed by atoms with Gasteiger partial charge in [-0.15, -0.1) is 0 Å². The summed E-state index contributed by atoms with van der Waals surface area (Å²) in [6, 6.07) is 13.9. The van der Waals surface area contributed by atoms with Crippen molar-refractivity contribution in [3.05, 3.63) is 76.0 Å². The molecule has 24 heavy (non-hydrogen) atoms. The molecule has 0 unspecified atom stereocenters. The van der Waals surface area contributed by atoms with E-state index in [1.165, 1.54) is 16.5 Å². The summed E-state index contributed by atoms with van der Waals surface area (Å²) in [7, 11) is 0. The van der Waals surface area contributed by atoms with Crippen molar-refractivity contribution in [1.82, 2.24) is 14.5 Å². The summed E-state index contributed by atoms with van der Waals surface area (Å²) in [6.45, 7) is 4.62. The van der Waals surface area contributed by atoms with E-state index < -0.39 is 0 Å². The molecule has 0 bridgehead atoms. The summed E-state index contributed by atoms with van der Waals surface area (Å²) in [5, 5.41) is 1.91. The third kappa shape index (κ3) is 2.40. The van der Waals surface area contributed by atoms with Crippen molar-refractivity contribution in [3.8, 4) is 0 Å². The molecular weight excluding hydrogens is 298 g/mol. The molecule has 4 rings (SSSR count). The SMILES string of the molecule is Cc1ccc2[nH]cc(CCn3c(C)nc4ccccc4c3=O)c2c1. The van der Waals surface area contributed by atoms with Crippen molar-refractivity contribution in [2.45, 2.75) is 26.8 Å². The van der Waals surface area contributed by atoms with Crippen LogP contribution in [0.25, 0.3) is 21.8 Å². The second kappa shape index (κ2) is 5.64. The van der Waals surface area contributed by atoms with Crippen LogP contribution >= 0.6 is 0 Å². The first kappa shape index (κ1) is 14.7. The van der Waals surface area contributed by atoms with Gasteiger partial charge in [0.15, 0.2) is 0 Å². The molecule has 4 aromatic rings. The maximum atomic E-state index is 12.7. The van der Waals surface area contributed by atoms with Crippen molar-refractivity contribution in [3.63, 3.8) is 0 Å². The number of rotatable bonds is 3. The van der Waals surface area contributed by atoms with Gasteiger partial charge in [0, 0.05) is 23.6 Å². The number of fused-ring (bicyclic) bond motifs is 2. The van der Waals surface area contributed by atoms with Gasteiger partial charge in [-0.1, -0.05) is 23.8 Å². The molecule has 0 spiro atoms. The Morgan fingerprint density at radius 3 is 2.79 bits per heavy atom. The molecule has 0 aliphatic carbocycles. The van der Waals surface area contributed by atoms with Gasteiger partial charge in [0.05, 0.1) is 10.9 Å². The second-order valence-corrected chi connectivity index (χ2v) is 6.25. The predicted octanol–water partition coefficient (Wildman–Crippen LogP) is 3.74. The Bertz CT molecular complexity index is 1100. The maximum absolute atomic E-state index is 12.7. The van der Waals surface area contributed by atoms with Gasteiger partial charge in [-0.25, -0.2) is 4.98 Å². The number of benzene rings is 2. The maximum Gasteiger partial charge on any atom is 0.261 e. The molecule has 4 heteroatoms. The summed E-state index contributed by atoms with van der Waals surface area (Å²) in [5.74, 6) is 0.759. The first-order valence-corrected chi connectivity index (χ1v) is 8.16. The monoisotopic (exact) mass is 317 g/mol. The molecule has 0 fully saturated rings. The van der Waals surface area contributed by atoms with E-state index in [-0.39, 0.29) is 5.56 Å². The highest BCUT2D eigenvalue weighted by Gasteiger charge is 2.09. The van der Waals surface area contributed by atoms with Crippen molar-refractivity contribution in [1.29, 1.82) is 0 Å². The number of nitrogens with zero attached hydrogens (tertiary/aromatic N) is 2. The molecule has 0 amide bonds. The summed E-state index contributed by atoms with van der Waals surface area (Å²) >= 11 is 0. The standard InChI is InChI=1S/C20H19N3O/c1-13-7-8-18-17(11-13)15(12-21-18)9-10-23-14(2)22-19-6-4-3-5-16(19)20(23)24/h3-8,11-12,21H,9-10H2,1-2H3. The van der Waals surface area contributed by atoms with Crippen LogP contribution in [-0.2, 0) is 13.0 Å². The number of aryl methyl sites for hydroxylation is 3. The minimum atomic E-state index is 0.0362. The minimum Gasteiger partial charge on any atom is -0.361 e. The Morgan fingerprint density at radius 2 is 1.92 bits per heavy atom. The normalized spacial score (nSPS) is 11.4. The number of nitrogens with one attached hydrogen (secondary N) is 1. The molecule has 0 radical (unpaired) electrons. The van der Waals surface area contributed by atoms with E-state index in [2.05, 4.69) is 35.1 Å². The van der Waals surface area contributed by atoms with E-state index in [1.807, 2.05) is 37.4 Å². The highest BCUT2D eigenvalue weighted by Crippen LogP contribution is 2.20. The lowest BCUT2D eigenvalue weighted by atomic mass is 10.1. The molecule has 120 valence electrons. The summed E-state index contributed by atoms with van der Waals surface area (Å²) in [5.41, 5.74) is 4.40. The summed E-state index contributed by atoms with van der Waals surface area (Å²) in [4.78, 5) is 20.6. The zero-order valence-corrected chi connectivity index (χ0v) is 13.8. The minimum absolute atomic E-state index is 0.0362. The van der Waals surface area contributed by atoms with Crippen LogP contribution in [0.5, 0.6) is 0 Å². The zero-order chi connectivity index (χ0) is 16.7. The van der Waals surface area contributed by atoms with Gasteiger partial charge in [0.25, 0.3) is 5.56 Å². The van der Waals surface area contributed by atoms with E-state index in [0.717, 1.165) is 23.3 Å². The van der Waals surface area contributed by atoms with Crippen LogP contribution in [-0.4, -0.2) is 14.5 Å². The van der Waals surface area contributed by atoms with Crippen LogP contribution in [0, 0.1) is 13.8 Å². The first-order chi connectivity index (χ1) is 11.6. The van der Waals surface area contributed by atoms with E-state index >= 15 is 0 Å². The smallest absolute Gasteiger partial charge is 0.261 e. The lowest BCUT2D eigenvalue weighted by Gasteiger charge is -2.10. The molecule has 2 aromatic carbocycles. The van der Waals surface area contributed by atoms with Crippen LogP contribution in [0.4, 0.5) is 0 Å². The van der Waals surface area contributed by atoms with Crippen LogP contribution in [0.2, 0.25) is 0 Å². The van der Waals surface area contributed by atoms with Crippen LogP contribution in [0.1, 0.15) is 17.0 Å². The highest BCUT2D eigenvalue weighted by molar-refractivity contribution is 5.83. The van der Waals surface area contributed by atoms with Crippen molar-refractivity contribution in [2.75, 3.05) is 0 Å². The first-order valence-electron chi connectivity index (χ1n) is 8.16. The lowest BCUT2D eigenvalue weighted by Crippen LogP contribution is -2.24. The fourth-order valence-electron chi connectivity index (χ4n) is 3.27. The number of aromatic nitrogens is 3. The Morgan fingerprint density at radius 1 is 1.08 bits per heavy atom. The average molecular weight is 317 g/mol. The Balaban J connectivity index is 1.72. The number of hydrogen-bond donors (Lipinski definition) is 1. The zero-order valence-electron chi connectivity index (χ0n) is 13.8. The quantitative estimate of drug-likeness (QED) is 0.626. The molecule has 0 aliphatic heterocycles. The van der Waals surface area contributed by atoms with Gasteiger partial charge in [-0.05, 0) is 50.1 Å². The molecule has 2 heterocycles. The molecule has 0 aliphatic rings. The third-order valence-corrected chi connectivity index (χ3v) is 4.58. The van der Waals surface area contributed by atoms with Crippen molar-refractivity contribution < 1.29 is 0 Å². The molecule has 4 nitrogen and oxygen atoms in total. The van der Waals surface area contributed by atoms with E-state index in [4.69, 9.17) is 0 Å². The molecule has 1 N–H and O–H groups in total. The van der Waals surface area contributed by atoms with Gasteiger partial charge in [-0.2, -0.15) is 0 Å². The van der Waals surface area contributed by atoms with Gasteiger partial charge in [0.1, 0.15) is 5.82 Å². The topological polar surface area (TPSA) is 50.7 Å². The highest BCUT2D eigenvalue weighted by atomic mass is 16.1. The van der Waals surface area contributed by atoms with Crippen LogP contribution in [0.15, 0.2) is 53.5 Å². The van der Waals surface area contributed by atoms with Crippen molar-refractivity contribution >= 4 is 21.8 Å². The van der Waals surface area contributed by atoms with Gasteiger partial charge >= 0.3 is 0 Å². The van der Waals surface area contributed by atoms with Crippen molar-refractivity contribution in [2.24, 2.45) is 0 Å². The van der Waals surface area contributed by atoms with Crippen LogP contribution < -0.4 is 5.56 Å². The Labute approximate surface area is 139 Å². The number of aromatic amines is 1. The Kier molecular flexibility index (Phi) is 3.45. The van der Waals surface area contributed by atoms with E-state index in [1.54, 1.807) is 4.57 Å². The van der Waals surface area contributed by atoms with Gasteiger partial charge in [0.2, 0.25) is 0 Å². The summed E-state index contributed by atoms with van der Waals surface area (Å²) in [6.07, 6.45) is 2.84. The third-order valence-electron chi connectivity index (χ3n) is 4.58. The second-order valence-electron chi connectivity index (χ2n) is 6.25. The molecular formula is C20H19N3O. The Hall–Kier alpha value is -2.88. The molecule has 0 atom stereocenters. The fraction of sp³-hybridized carbons (Fsp3) is 0.200. The van der Waals surface area contributed by atoms with Crippen LogP contribution in [0.3, 0.4) is 0 Å². The number of H-pyrrole nitrogens is 1. The average Bonchev–Trinajstić information content (AvgIpc) is 2.97. The molecule has 0 saturated carbocycles. The van der Waals surface area contributed by atoms with E-state index in [9.17, 15) is 4.79 Å². The predicted molar refractivity (Wildman–Crippen MR) is 97.5 cm³/mol. The van der Waals surface area contributed by atoms with E-state index in [0.29, 0.717) is 11.9 Å². The number of hydrogen-bond acceptors (Lipinski definition) is 2. The van der Waals surface area contributed by atoms with Gasteiger partial charge < -0.3 is 4.98 Å². The fourth-order valence-corrected chi connectivity index (χ4v) is 3.27. The molecule has 2 aromatic heterocycles. The molecule has 0 saturated heterocycles. The van der Waals surface area contributed by atoms with Gasteiger partial charge in [-0.3, -0.25) is 9.36 Å². The number of para-hydroxylation sites is 1. The summed E-state index contributed by atoms with van der Waals surface area (Å²) < 4.78 is 1.77. The lowest BCUT2D eigenvalue weighted by molar-refractivity contribution is 0.640.